The molecule has 35 heavy (non-hydrogen) atoms. The lowest BCUT2D eigenvalue weighted by molar-refractivity contribution is 0.0691. The van der Waals surface area contributed by atoms with Crippen LogP contribution in [0.2, 0.25) is 0 Å². The maximum Gasteiger partial charge on any atom is 0.255 e. The molecule has 0 aliphatic heterocycles. The molecule has 4 aromatic heterocycles. The number of H-pyrrole nitrogens is 3. The molecule has 5 rings (SSSR count). The van der Waals surface area contributed by atoms with Crippen molar-refractivity contribution in [1.82, 2.24) is 24.8 Å². The Morgan fingerprint density at radius 3 is 2.57 bits per heavy atom. The average molecular weight is 468 g/mol. The maximum atomic E-state index is 14.1. The number of benzene rings is 1. The number of rotatable bonds is 5. The molecular weight excluding hydrogens is 438 g/mol. The molecule has 0 bridgehead atoms. The summed E-state index contributed by atoms with van der Waals surface area (Å²) >= 11 is 0. The summed E-state index contributed by atoms with van der Waals surface area (Å²) in [5.74, 6) is -0.107. The minimum atomic E-state index is -0.149. The van der Waals surface area contributed by atoms with Gasteiger partial charge in [-0.1, -0.05) is 0 Å². The van der Waals surface area contributed by atoms with Gasteiger partial charge in [0.05, 0.1) is 6.54 Å². The second-order valence-corrected chi connectivity index (χ2v) is 9.53. The van der Waals surface area contributed by atoms with E-state index in [-0.39, 0.29) is 24.1 Å². The van der Waals surface area contributed by atoms with Gasteiger partial charge in [0.2, 0.25) is 0 Å². The molecule has 0 unspecified atom stereocenters. The molecule has 3 N–H and O–H groups in total. The van der Waals surface area contributed by atoms with Gasteiger partial charge in [0, 0.05) is 63.3 Å². The number of nitrogens with zero attached hydrogens (tertiary/aromatic N) is 2. The predicted octanol–water partition coefficient (Wildman–Crippen LogP) is 5.38. The summed E-state index contributed by atoms with van der Waals surface area (Å²) < 4.78 is 0. The molecule has 1 amide bonds. The van der Waals surface area contributed by atoms with Crippen molar-refractivity contribution in [2.75, 3.05) is 0 Å². The van der Waals surface area contributed by atoms with E-state index in [1.54, 1.807) is 4.90 Å². The fourth-order valence-electron chi connectivity index (χ4n) is 4.76. The molecule has 0 radical (unpaired) electrons. The van der Waals surface area contributed by atoms with Crippen LogP contribution in [0.15, 0.2) is 53.7 Å². The topological polar surface area (TPSA) is 97.6 Å². The summed E-state index contributed by atoms with van der Waals surface area (Å²) in [6.07, 6.45) is 5.61. The Hall–Kier alpha value is -4.13. The van der Waals surface area contributed by atoms with E-state index < -0.39 is 0 Å². The minimum Gasteiger partial charge on any atom is -0.361 e. The molecule has 0 spiro atoms. The molecule has 0 atom stereocenters. The standard InChI is InChI=1S/C28H29N5O2/c1-15(2)33(14-23-16(3)8-18(5)32-27(23)34)28(35)22-10-20(11-24-25(22)17(4)12-30-24)21-9-19-6-7-29-26(19)31-13-21/h6-13,15,30H,14H2,1-5H3,(H,29,31)(H,32,34). The van der Waals surface area contributed by atoms with Gasteiger partial charge < -0.3 is 19.9 Å². The number of aromatic amines is 3. The summed E-state index contributed by atoms with van der Waals surface area (Å²) in [5, 5.41) is 1.91. The second kappa shape index (κ2) is 8.58. The van der Waals surface area contributed by atoms with Crippen LogP contribution in [0.4, 0.5) is 0 Å². The van der Waals surface area contributed by atoms with E-state index in [1.165, 1.54) is 0 Å². The third kappa shape index (κ3) is 4.03. The van der Waals surface area contributed by atoms with E-state index in [4.69, 9.17) is 0 Å². The molecule has 0 aliphatic rings. The molecule has 0 saturated carbocycles. The Morgan fingerprint density at radius 2 is 1.83 bits per heavy atom. The van der Waals surface area contributed by atoms with Gasteiger partial charge in [-0.25, -0.2) is 4.98 Å². The number of hydrogen-bond acceptors (Lipinski definition) is 3. The lowest BCUT2D eigenvalue weighted by Gasteiger charge is -2.28. The van der Waals surface area contributed by atoms with Gasteiger partial charge >= 0.3 is 0 Å². The largest absolute Gasteiger partial charge is 0.361 e. The first-order valence-corrected chi connectivity index (χ1v) is 11.8. The number of carbonyl (C=O) groups excluding carboxylic acids is 1. The zero-order chi connectivity index (χ0) is 24.9. The van der Waals surface area contributed by atoms with Crippen molar-refractivity contribution in [3.8, 4) is 11.1 Å². The first kappa shape index (κ1) is 22.7. The first-order chi connectivity index (χ1) is 16.7. The Balaban J connectivity index is 1.63. The fourth-order valence-corrected chi connectivity index (χ4v) is 4.76. The number of fused-ring (bicyclic) bond motifs is 2. The van der Waals surface area contributed by atoms with Crippen LogP contribution in [0, 0.1) is 20.8 Å². The second-order valence-electron chi connectivity index (χ2n) is 9.53. The Bertz CT molecular complexity index is 1640. The first-order valence-electron chi connectivity index (χ1n) is 11.8. The molecule has 7 nitrogen and oxygen atoms in total. The molecule has 178 valence electrons. The van der Waals surface area contributed by atoms with Crippen molar-refractivity contribution in [3.63, 3.8) is 0 Å². The summed E-state index contributed by atoms with van der Waals surface area (Å²) in [7, 11) is 0. The Labute approximate surface area is 203 Å². The highest BCUT2D eigenvalue weighted by Gasteiger charge is 2.25. The zero-order valence-corrected chi connectivity index (χ0v) is 20.6. The van der Waals surface area contributed by atoms with E-state index in [2.05, 4.69) is 32.1 Å². The third-order valence-electron chi connectivity index (χ3n) is 6.65. The van der Waals surface area contributed by atoms with Gasteiger partial charge in [0.15, 0.2) is 0 Å². The summed E-state index contributed by atoms with van der Waals surface area (Å²) in [4.78, 5) is 42.4. The lowest BCUT2D eigenvalue weighted by atomic mass is 9.97. The number of pyridine rings is 2. The van der Waals surface area contributed by atoms with Gasteiger partial charge in [0.1, 0.15) is 5.65 Å². The van der Waals surface area contributed by atoms with Gasteiger partial charge in [-0.05, 0) is 81.6 Å². The summed E-state index contributed by atoms with van der Waals surface area (Å²) in [6.45, 7) is 9.97. The summed E-state index contributed by atoms with van der Waals surface area (Å²) in [6, 6.07) is 9.90. The van der Waals surface area contributed by atoms with Gasteiger partial charge in [-0.15, -0.1) is 0 Å². The van der Waals surface area contributed by atoms with Crippen molar-refractivity contribution >= 4 is 27.8 Å². The van der Waals surface area contributed by atoms with Crippen molar-refractivity contribution in [2.45, 2.75) is 47.2 Å². The number of amides is 1. The Kier molecular flexibility index (Phi) is 5.55. The highest BCUT2D eigenvalue weighted by atomic mass is 16.2. The predicted molar refractivity (Wildman–Crippen MR) is 140 cm³/mol. The van der Waals surface area contributed by atoms with Crippen LogP contribution in [0.5, 0.6) is 0 Å². The molecule has 1 aromatic carbocycles. The highest BCUT2D eigenvalue weighted by Crippen LogP contribution is 2.32. The van der Waals surface area contributed by atoms with Crippen molar-refractivity contribution in [3.05, 3.63) is 87.2 Å². The number of carbonyl (C=O) groups is 1. The van der Waals surface area contributed by atoms with E-state index in [9.17, 15) is 9.59 Å². The van der Waals surface area contributed by atoms with E-state index in [0.29, 0.717) is 11.1 Å². The van der Waals surface area contributed by atoms with E-state index >= 15 is 0 Å². The normalized spacial score (nSPS) is 11.6. The van der Waals surface area contributed by atoms with Crippen LogP contribution in [-0.2, 0) is 6.54 Å². The zero-order valence-electron chi connectivity index (χ0n) is 20.6. The maximum absolute atomic E-state index is 14.1. The lowest BCUT2D eigenvalue weighted by Crippen LogP contribution is -2.38. The van der Waals surface area contributed by atoms with Crippen molar-refractivity contribution in [1.29, 1.82) is 0 Å². The number of aryl methyl sites for hydroxylation is 3. The molecular formula is C28H29N5O2. The average Bonchev–Trinajstić information content (AvgIpc) is 3.43. The Morgan fingerprint density at radius 1 is 1.03 bits per heavy atom. The van der Waals surface area contributed by atoms with Crippen LogP contribution in [0.25, 0.3) is 33.1 Å². The number of hydrogen-bond donors (Lipinski definition) is 3. The molecule has 5 aromatic rings. The van der Waals surface area contributed by atoms with Crippen LogP contribution < -0.4 is 5.56 Å². The molecule has 0 saturated heterocycles. The molecule has 4 heterocycles. The molecule has 0 aliphatic carbocycles. The van der Waals surface area contributed by atoms with Crippen LogP contribution in [0.1, 0.15) is 46.6 Å². The van der Waals surface area contributed by atoms with Gasteiger partial charge in [-0.2, -0.15) is 0 Å². The van der Waals surface area contributed by atoms with Gasteiger partial charge in [0.25, 0.3) is 11.5 Å². The van der Waals surface area contributed by atoms with Crippen LogP contribution in [0.3, 0.4) is 0 Å². The summed E-state index contributed by atoms with van der Waals surface area (Å²) in [5.41, 5.74) is 7.33. The highest BCUT2D eigenvalue weighted by molar-refractivity contribution is 6.09. The van der Waals surface area contributed by atoms with Crippen molar-refractivity contribution in [2.24, 2.45) is 0 Å². The number of aromatic nitrogens is 4. The minimum absolute atomic E-state index is 0.0987. The van der Waals surface area contributed by atoms with Crippen LogP contribution >= 0.6 is 0 Å². The molecule has 7 heteroatoms. The SMILES string of the molecule is Cc1cc(C)c(CN(C(=O)c2cc(-c3cnc4[nH]ccc4c3)cc3[nH]cc(C)c23)C(C)C)c(=O)[nH]1. The fraction of sp³-hybridized carbons (Fsp3) is 0.250. The number of nitrogens with one attached hydrogen (secondary N) is 3. The van der Waals surface area contributed by atoms with E-state index in [1.807, 2.05) is 71.4 Å². The molecule has 0 fully saturated rings. The monoisotopic (exact) mass is 467 g/mol. The van der Waals surface area contributed by atoms with Crippen LogP contribution in [-0.4, -0.2) is 36.8 Å². The van der Waals surface area contributed by atoms with Crippen molar-refractivity contribution < 1.29 is 4.79 Å². The smallest absolute Gasteiger partial charge is 0.255 e. The third-order valence-corrected chi connectivity index (χ3v) is 6.65. The van der Waals surface area contributed by atoms with E-state index in [0.717, 1.165) is 49.9 Å². The van der Waals surface area contributed by atoms with Gasteiger partial charge in [-0.3, -0.25) is 9.59 Å². The quantitative estimate of drug-likeness (QED) is 0.324.